The van der Waals surface area contributed by atoms with E-state index in [-0.39, 0.29) is 12.5 Å². The van der Waals surface area contributed by atoms with E-state index in [1.54, 1.807) is 11.6 Å². The van der Waals surface area contributed by atoms with Crippen molar-refractivity contribution in [1.82, 2.24) is 14.9 Å². The Morgan fingerprint density at radius 1 is 1.59 bits per heavy atom. The highest BCUT2D eigenvalue weighted by Gasteiger charge is 2.11. The van der Waals surface area contributed by atoms with Crippen LogP contribution < -0.4 is 11.1 Å². The molecule has 0 spiro atoms. The van der Waals surface area contributed by atoms with Gasteiger partial charge in [-0.15, -0.1) is 0 Å². The molecular formula is C10H13N5O2. The molecule has 2 aromatic heterocycles. The Hall–Kier alpha value is -2.31. The van der Waals surface area contributed by atoms with Gasteiger partial charge in [-0.25, -0.2) is 0 Å². The van der Waals surface area contributed by atoms with Crippen LogP contribution in [0.1, 0.15) is 11.4 Å². The predicted octanol–water partition coefficient (Wildman–Crippen LogP) is 0.709. The van der Waals surface area contributed by atoms with Crippen LogP contribution in [-0.4, -0.2) is 20.8 Å². The second-order valence-electron chi connectivity index (χ2n) is 3.70. The number of anilines is 2. The molecule has 7 heteroatoms. The second kappa shape index (κ2) is 4.28. The van der Waals surface area contributed by atoms with E-state index in [9.17, 15) is 4.79 Å². The number of hydrogen-bond donors (Lipinski definition) is 2. The second-order valence-corrected chi connectivity index (χ2v) is 3.70. The van der Waals surface area contributed by atoms with Gasteiger partial charge in [0.25, 0.3) is 0 Å². The van der Waals surface area contributed by atoms with Crippen molar-refractivity contribution >= 4 is 17.3 Å². The van der Waals surface area contributed by atoms with Gasteiger partial charge in [-0.2, -0.15) is 5.10 Å². The summed E-state index contributed by atoms with van der Waals surface area (Å²) in [6.45, 7) is 3.73. The van der Waals surface area contributed by atoms with Crippen molar-refractivity contribution in [2.45, 2.75) is 20.4 Å². The molecule has 0 fully saturated rings. The molecule has 0 aromatic carbocycles. The molecule has 2 rings (SSSR count). The van der Waals surface area contributed by atoms with E-state index in [4.69, 9.17) is 5.73 Å². The molecule has 0 aliphatic rings. The number of aromatic nitrogens is 3. The Balaban J connectivity index is 2.06. The van der Waals surface area contributed by atoms with Gasteiger partial charge >= 0.3 is 0 Å². The maximum absolute atomic E-state index is 11.7. The normalized spacial score (nSPS) is 10.5. The molecule has 17 heavy (non-hydrogen) atoms. The lowest BCUT2D eigenvalue weighted by atomic mass is 10.3. The van der Waals surface area contributed by atoms with Crippen molar-refractivity contribution in [1.29, 1.82) is 0 Å². The molecule has 0 saturated heterocycles. The average Bonchev–Trinajstić information content (AvgIpc) is 2.85. The van der Waals surface area contributed by atoms with Crippen LogP contribution in [0.4, 0.5) is 11.4 Å². The van der Waals surface area contributed by atoms with Gasteiger partial charge in [0.05, 0.1) is 23.3 Å². The number of nitrogen functional groups attached to an aromatic ring is 1. The summed E-state index contributed by atoms with van der Waals surface area (Å²) in [4.78, 5) is 11.7. The van der Waals surface area contributed by atoms with Crippen molar-refractivity contribution in [2.24, 2.45) is 0 Å². The molecule has 90 valence electrons. The number of aryl methyl sites for hydroxylation is 1. The standard InChI is InChI=1S/C10H13N5O2/c1-6-10(11)7(2)15(14-6)4-9(16)13-8-3-12-17-5-8/h3,5H,4,11H2,1-2H3,(H,13,16). The smallest absolute Gasteiger partial charge is 0.246 e. The Kier molecular flexibility index (Phi) is 2.82. The van der Waals surface area contributed by atoms with Crippen LogP contribution in [-0.2, 0) is 11.3 Å². The summed E-state index contributed by atoms with van der Waals surface area (Å²) in [5.74, 6) is -0.209. The summed E-state index contributed by atoms with van der Waals surface area (Å²) in [5.41, 5.74) is 8.41. The van der Waals surface area contributed by atoms with E-state index >= 15 is 0 Å². The van der Waals surface area contributed by atoms with Crippen molar-refractivity contribution in [3.8, 4) is 0 Å². The Morgan fingerprint density at radius 2 is 2.35 bits per heavy atom. The van der Waals surface area contributed by atoms with Gasteiger partial charge in [0.1, 0.15) is 18.5 Å². The fourth-order valence-electron chi connectivity index (χ4n) is 1.47. The van der Waals surface area contributed by atoms with Crippen molar-refractivity contribution in [3.05, 3.63) is 23.8 Å². The molecule has 0 atom stereocenters. The molecule has 0 bridgehead atoms. The summed E-state index contributed by atoms with van der Waals surface area (Å²) in [7, 11) is 0. The van der Waals surface area contributed by atoms with Crippen LogP contribution in [0, 0.1) is 13.8 Å². The molecule has 2 heterocycles. The zero-order chi connectivity index (χ0) is 12.4. The third-order valence-electron chi connectivity index (χ3n) is 2.45. The van der Waals surface area contributed by atoms with Crippen LogP contribution in [0.15, 0.2) is 17.0 Å². The van der Waals surface area contributed by atoms with Crippen LogP contribution in [0.2, 0.25) is 0 Å². The lowest BCUT2D eigenvalue weighted by molar-refractivity contribution is -0.116. The molecule has 0 aliphatic carbocycles. The highest BCUT2D eigenvalue weighted by molar-refractivity contribution is 5.90. The van der Waals surface area contributed by atoms with Gasteiger partial charge in [0, 0.05) is 0 Å². The first-order valence-electron chi connectivity index (χ1n) is 5.06. The maximum Gasteiger partial charge on any atom is 0.246 e. The number of carbonyl (C=O) groups excluding carboxylic acids is 1. The van der Waals surface area contributed by atoms with Gasteiger partial charge in [-0.1, -0.05) is 5.16 Å². The lowest BCUT2D eigenvalue weighted by Crippen LogP contribution is -2.20. The third-order valence-corrected chi connectivity index (χ3v) is 2.45. The number of nitrogens with one attached hydrogen (secondary N) is 1. The van der Waals surface area contributed by atoms with E-state index in [1.807, 2.05) is 6.92 Å². The van der Waals surface area contributed by atoms with Gasteiger partial charge < -0.3 is 15.6 Å². The first kappa shape index (κ1) is 11.2. The minimum atomic E-state index is -0.209. The topological polar surface area (TPSA) is 99.0 Å². The molecule has 0 unspecified atom stereocenters. The number of carbonyl (C=O) groups is 1. The molecular weight excluding hydrogens is 222 g/mol. The maximum atomic E-state index is 11.7. The number of rotatable bonds is 3. The van der Waals surface area contributed by atoms with Crippen molar-refractivity contribution in [2.75, 3.05) is 11.1 Å². The van der Waals surface area contributed by atoms with Gasteiger partial charge in [0.2, 0.25) is 5.91 Å². The fourth-order valence-corrected chi connectivity index (χ4v) is 1.47. The van der Waals surface area contributed by atoms with Crippen LogP contribution in [0.3, 0.4) is 0 Å². The number of nitrogens with zero attached hydrogens (tertiary/aromatic N) is 3. The fraction of sp³-hybridized carbons (Fsp3) is 0.300. The molecule has 1 amide bonds. The summed E-state index contributed by atoms with van der Waals surface area (Å²) >= 11 is 0. The highest BCUT2D eigenvalue weighted by Crippen LogP contribution is 2.14. The van der Waals surface area contributed by atoms with E-state index in [1.165, 1.54) is 12.5 Å². The largest absolute Gasteiger partial charge is 0.396 e. The van der Waals surface area contributed by atoms with E-state index in [2.05, 4.69) is 20.1 Å². The molecule has 0 aliphatic heterocycles. The molecule has 0 saturated carbocycles. The third kappa shape index (κ3) is 2.27. The molecule has 7 nitrogen and oxygen atoms in total. The first-order chi connectivity index (χ1) is 8.08. The Morgan fingerprint density at radius 3 is 2.88 bits per heavy atom. The van der Waals surface area contributed by atoms with Gasteiger partial charge in [0.15, 0.2) is 0 Å². The zero-order valence-electron chi connectivity index (χ0n) is 9.60. The predicted molar refractivity (Wildman–Crippen MR) is 61.2 cm³/mol. The van der Waals surface area contributed by atoms with Gasteiger partial charge in [-0.05, 0) is 13.8 Å². The monoisotopic (exact) mass is 235 g/mol. The molecule has 2 aromatic rings. The van der Waals surface area contributed by atoms with E-state index < -0.39 is 0 Å². The minimum absolute atomic E-state index is 0.106. The number of nitrogens with two attached hydrogens (primary N) is 1. The summed E-state index contributed by atoms with van der Waals surface area (Å²) in [6.07, 6.45) is 2.78. The number of hydrogen-bond acceptors (Lipinski definition) is 5. The van der Waals surface area contributed by atoms with Crippen LogP contribution in [0.5, 0.6) is 0 Å². The summed E-state index contributed by atoms with van der Waals surface area (Å²) < 4.78 is 6.17. The van der Waals surface area contributed by atoms with E-state index in [0.29, 0.717) is 11.4 Å². The summed E-state index contributed by atoms with van der Waals surface area (Å²) in [6, 6.07) is 0. The van der Waals surface area contributed by atoms with Crippen LogP contribution >= 0.6 is 0 Å². The highest BCUT2D eigenvalue weighted by atomic mass is 16.5. The molecule has 0 radical (unpaired) electrons. The zero-order valence-corrected chi connectivity index (χ0v) is 9.60. The first-order valence-corrected chi connectivity index (χ1v) is 5.06. The average molecular weight is 235 g/mol. The summed E-state index contributed by atoms with van der Waals surface area (Å²) in [5, 5.41) is 10.3. The Bertz CT molecular complexity index is 529. The SMILES string of the molecule is Cc1nn(CC(=O)Nc2cnoc2)c(C)c1N. The van der Waals surface area contributed by atoms with Gasteiger partial charge in [-0.3, -0.25) is 9.48 Å². The minimum Gasteiger partial charge on any atom is -0.396 e. The van der Waals surface area contributed by atoms with Crippen LogP contribution in [0.25, 0.3) is 0 Å². The Labute approximate surface area is 97.6 Å². The number of amides is 1. The van der Waals surface area contributed by atoms with E-state index in [0.717, 1.165) is 11.4 Å². The molecule has 3 N–H and O–H groups in total. The lowest BCUT2D eigenvalue weighted by Gasteiger charge is -2.04. The quantitative estimate of drug-likeness (QED) is 0.816. The van der Waals surface area contributed by atoms with Crippen molar-refractivity contribution in [3.63, 3.8) is 0 Å². The van der Waals surface area contributed by atoms with Crippen molar-refractivity contribution < 1.29 is 9.32 Å².